The molecule has 0 bridgehead atoms. The zero-order valence-corrected chi connectivity index (χ0v) is 21.9. The molecule has 0 unspecified atom stereocenters. The van der Waals surface area contributed by atoms with Crippen LogP contribution in [0.2, 0.25) is 0 Å². The first-order valence-corrected chi connectivity index (χ1v) is 13.3. The van der Waals surface area contributed by atoms with Crippen molar-refractivity contribution >= 4 is 23.2 Å². The second kappa shape index (κ2) is 10.3. The van der Waals surface area contributed by atoms with Gasteiger partial charge in [0.25, 0.3) is 11.8 Å². The molecule has 0 spiro atoms. The normalized spacial score (nSPS) is 13.1. The van der Waals surface area contributed by atoms with E-state index in [1.807, 2.05) is 0 Å². The SMILES string of the molecule is CCCCCCCCN1C(=O)c2c(-c3cc(C)cc(C)c3)sc(-c3cc(C)cc(C)c3)c2C1=O. The Labute approximate surface area is 207 Å². The maximum Gasteiger partial charge on any atom is 0.263 e. The number of rotatable bonds is 9. The van der Waals surface area contributed by atoms with Crippen LogP contribution in [0.4, 0.5) is 0 Å². The van der Waals surface area contributed by atoms with Crippen molar-refractivity contribution in [1.82, 2.24) is 4.90 Å². The van der Waals surface area contributed by atoms with Gasteiger partial charge in [0.2, 0.25) is 0 Å². The summed E-state index contributed by atoms with van der Waals surface area (Å²) in [6.07, 6.45) is 6.76. The first-order chi connectivity index (χ1) is 16.3. The topological polar surface area (TPSA) is 37.4 Å². The third-order valence-corrected chi connectivity index (χ3v) is 7.82. The second-order valence-electron chi connectivity index (χ2n) is 9.79. The van der Waals surface area contributed by atoms with Gasteiger partial charge in [0, 0.05) is 16.3 Å². The van der Waals surface area contributed by atoms with E-state index in [1.165, 1.54) is 24.2 Å². The Morgan fingerprint density at radius 2 is 1.03 bits per heavy atom. The Morgan fingerprint density at radius 1 is 0.618 bits per heavy atom. The van der Waals surface area contributed by atoms with Crippen LogP contribution in [-0.2, 0) is 0 Å². The van der Waals surface area contributed by atoms with Crippen molar-refractivity contribution in [2.24, 2.45) is 0 Å². The van der Waals surface area contributed by atoms with Crippen molar-refractivity contribution in [2.75, 3.05) is 6.54 Å². The maximum absolute atomic E-state index is 13.6. The quantitative estimate of drug-likeness (QED) is 0.232. The average molecular weight is 474 g/mol. The molecule has 1 aliphatic rings. The van der Waals surface area contributed by atoms with Gasteiger partial charge in [-0.15, -0.1) is 11.3 Å². The number of hydrogen-bond donors (Lipinski definition) is 0. The van der Waals surface area contributed by atoms with Crippen LogP contribution < -0.4 is 0 Å². The van der Waals surface area contributed by atoms with Gasteiger partial charge in [0.05, 0.1) is 11.1 Å². The van der Waals surface area contributed by atoms with Gasteiger partial charge in [0.1, 0.15) is 0 Å². The Morgan fingerprint density at radius 3 is 1.47 bits per heavy atom. The minimum Gasteiger partial charge on any atom is -0.274 e. The van der Waals surface area contributed by atoms with E-state index >= 15 is 0 Å². The standard InChI is InChI=1S/C30H35NO2S/c1-6-7-8-9-10-11-12-31-29(32)25-26(30(31)33)28(24-17-21(4)14-22(5)18-24)34-27(25)23-15-19(2)13-20(3)16-23/h13-18H,6-12H2,1-5H3. The van der Waals surface area contributed by atoms with Crippen molar-refractivity contribution in [3.05, 3.63) is 69.8 Å². The zero-order valence-electron chi connectivity index (χ0n) is 21.1. The molecule has 0 radical (unpaired) electrons. The van der Waals surface area contributed by atoms with Crippen LogP contribution in [0.5, 0.6) is 0 Å². The third-order valence-electron chi connectivity index (χ3n) is 6.53. The molecule has 4 heteroatoms. The molecule has 1 aliphatic heterocycles. The van der Waals surface area contributed by atoms with Crippen molar-refractivity contribution in [1.29, 1.82) is 0 Å². The molecule has 2 heterocycles. The number of aryl methyl sites for hydroxylation is 4. The van der Waals surface area contributed by atoms with E-state index in [9.17, 15) is 9.59 Å². The van der Waals surface area contributed by atoms with Crippen molar-refractivity contribution in [3.63, 3.8) is 0 Å². The van der Waals surface area contributed by atoms with Gasteiger partial charge >= 0.3 is 0 Å². The molecule has 0 aliphatic carbocycles. The predicted molar refractivity (Wildman–Crippen MR) is 143 cm³/mol. The fraction of sp³-hybridized carbons (Fsp3) is 0.400. The highest BCUT2D eigenvalue weighted by Gasteiger charge is 2.41. The molecule has 0 fully saturated rings. The van der Waals surface area contributed by atoms with E-state index in [-0.39, 0.29) is 11.8 Å². The minimum absolute atomic E-state index is 0.130. The summed E-state index contributed by atoms with van der Waals surface area (Å²) in [6, 6.07) is 12.8. The number of fused-ring (bicyclic) bond motifs is 1. The molecule has 2 aromatic carbocycles. The molecule has 34 heavy (non-hydrogen) atoms. The monoisotopic (exact) mass is 473 g/mol. The molecule has 3 nitrogen and oxygen atoms in total. The number of amides is 2. The van der Waals surface area contributed by atoms with Crippen LogP contribution >= 0.6 is 11.3 Å². The first kappa shape index (κ1) is 24.4. The van der Waals surface area contributed by atoms with Crippen LogP contribution in [-0.4, -0.2) is 23.3 Å². The lowest BCUT2D eigenvalue weighted by molar-refractivity contribution is 0.0652. The number of thiophene rings is 1. The molecule has 0 saturated heterocycles. The summed E-state index contributed by atoms with van der Waals surface area (Å²) < 4.78 is 0. The molecule has 4 rings (SSSR count). The predicted octanol–water partition coefficient (Wildman–Crippen LogP) is 8.27. The van der Waals surface area contributed by atoms with Crippen LogP contribution in [0.25, 0.3) is 20.9 Å². The first-order valence-electron chi connectivity index (χ1n) is 12.5. The van der Waals surface area contributed by atoms with Crippen molar-refractivity contribution in [2.45, 2.75) is 73.1 Å². The zero-order chi connectivity index (χ0) is 24.4. The van der Waals surface area contributed by atoms with Crippen molar-refractivity contribution in [3.8, 4) is 20.9 Å². The second-order valence-corrected chi connectivity index (χ2v) is 10.8. The van der Waals surface area contributed by atoms with Crippen molar-refractivity contribution < 1.29 is 9.59 Å². The van der Waals surface area contributed by atoms with E-state index in [0.717, 1.165) is 62.4 Å². The molecular formula is C30H35NO2S. The number of benzene rings is 2. The Hall–Kier alpha value is -2.72. The smallest absolute Gasteiger partial charge is 0.263 e. The minimum atomic E-state index is -0.130. The lowest BCUT2D eigenvalue weighted by Gasteiger charge is -2.15. The van der Waals surface area contributed by atoms with Crippen LogP contribution in [0.3, 0.4) is 0 Å². The molecular weight excluding hydrogens is 438 g/mol. The lowest BCUT2D eigenvalue weighted by Crippen LogP contribution is -2.31. The molecule has 178 valence electrons. The fourth-order valence-corrected chi connectivity index (χ4v) is 6.33. The fourth-order valence-electron chi connectivity index (χ4n) is 5.07. The molecule has 0 saturated carbocycles. The number of carbonyl (C=O) groups is 2. The number of imide groups is 1. The molecule has 0 N–H and O–H groups in total. The molecule has 2 amide bonds. The Kier molecular flexibility index (Phi) is 7.37. The van der Waals surface area contributed by atoms with E-state index in [0.29, 0.717) is 17.7 Å². The number of carbonyl (C=O) groups excluding carboxylic acids is 2. The molecule has 1 aromatic heterocycles. The van der Waals surface area contributed by atoms with Crippen LogP contribution in [0, 0.1) is 27.7 Å². The van der Waals surface area contributed by atoms with E-state index in [2.05, 4.69) is 71.0 Å². The lowest BCUT2D eigenvalue weighted by atomic mass is 9.99. The van der Waals surface area contributed by atoms with Crippen LogP contribution in [0.15, 0.2) is 36.4 Å². The average Bonchev–Trinajstić information content (AvgIpc) is 3.27. The van der Waals surface area contributed by atoms with Gasteiger partial charge in [-0.3, -0.25) is 14.5 Å². The summed E-state index contributed by atoms with van der Waals surface area (Å²) in [5.41, 5.74) is 7.88. The Balaban J connectivity index is 1.75. The van der Waals surface area contributed by atoms with Gasteiger partial charge in [-0.2, -0.15) is 0 Å². The maximum atomic E-state index is 13.6. The third kappa shape index (κ3) is 4.88. The highest BCUT2D eigenvalue weighted by Crippen LogP contribution is 2.47. The summed E-state index contributed by atoms with van der Waals surface area (Å²) in [5.74, 6) is -0.260. The van der Waals surface area contributed by atoms with E-state index < -0.39 is 0 Å². The van der Waals surface area contributed by atoms with E-state index in [1.54, 1.807) is 11.3 Å². The summed E-state index contributed by atoms with van der Waals surface area (Å²) in [7, 11) is 0. The van der Waals surface area contributed by atoms with Gasteiger partial charge in [0.15, 0.2) is 0 Å². The molecule has 3 aromatic rings. The summed E-state index contributed by atoms with van der Waals surface area (Å²) in [4.78, 5) is 30.6. The summed E-state index contributed by atoms with van der Waals surface area (Å²) >= 11 is 1.58. The highest BCUT2D eigenvalue weighted by molar-refractivity contribution is 7.20. The Bertz CT molecular complexity index is 1110. The number of unbranched alkanes of at least 4 members (excludes halogenated alkanes) is 5. The summed E-state index contributed by atoms with van der Waals surface area (Å²) in [5, 5.41) is 0. The summed E-state index contributed by atoms with van der Waals surface area (Å²) in [6.45, 7) is 11.0. The number of nitrogens with zero attached hydrogens (tertiary/aromatic N) is 1. The van der Waals surface area contributed by atoms with E-state index in [4.69, 9.17) is 0 Å². The van der Waals surface area contributed by atoms with Gasteiger partial charge in [-0.05, 0) is 45.2 Å². The van der Waals surface area contributed by atoms with Gasteiger partial charge in [-0.25, -0.2) is 0 Å². The van der Waals surface area contributed by atoms with Gasteiger partial charge < -0.3 is 0 Å². The highest BCUT2D eigenvalue weighted by atomic mass is 32.1. The number of hydrogen-bond acceptors (Lipinski definition) is 3. The van der Waals surface area contributed by atoms with Crippen LogP contribution in [0.1, 0.15) is 88.4 Å². The largest absolute Gasteiger partial charge is 0.274 e. The van der Waals surface area contributed by atoms with Gasteiger partial charge in [-0.1, -0.05) is 97.7 Å². The molecule has 0 atom stereocenters.